The summed E-state index contributed by atoms with van der Waals surface area (Å²) in [6.07, 6.45) is 4.76. The standard InChI is InChI=1S/C11H22N2O2/c1-8(11(14)15-2)13-10-6-4-3-5-9(10)7-12/h8-10,13H,3-7,12H2,1-2H3/t8-,9?,10?/m0/s1. The summed E-state index contributed by atoms with van der Waals surface area (Å²) >= 11 is 0. The van der Waals surface area contributed by atoms with Gasteiger partial charge in [0.25, 0.3) is 0 Å². The molecule has 2 unspecified atom stereocenters. The van der Waals surface area contributed by atoms with E-state index in [4.69, 9.17) is 5.73 Å². The van der Waals surface area contributed by atoms with Crippen molar-refractivity contribution in [2.45, 2.75) is 44.7 Å². The van der Waals surface area contributed by atoms with Crippen molar-refractivity contribution in [3.63, 3.8) is 0 Å². The number of methoxy groups -OCH3 is 1. The van der Waals surface area contributed by atoms with Gasteiger partial charge in [0.2, 0.25) is 0 Å². The molecule has 1 aliphatic carbocycles. The van der Waals surface area contributed by atoms with Crippen LogP contribution in [-0.4, -0.2) is 31.7 Å². The minimum atomic E-state index is -0.229. The van der Waals surface area contributed by atoms with E-state index in [1.54, 1.807) is 0 Å². The Kier molecular flexibility index (Phi) is 5.05. The Balaban J connectivity index is 2.43. The first-order valence-corrected chi connectivity index (χ1v) is 5.73. The number of hydrogen-bond acceptors (Lipinski definition) is 4. The van der Waals surface area contributed by atoms with Gasteiger partial charge < -0.3 is 15.8 Å². The zero-order chi connectivity index (χ0) is 11.3. The maximum absolute atomic E-state index is 11.3. The third-order valence-corrected chi connectivity index (χ3v) is 3.23. The molecule has 0 aromatic rings. The number of esters is 1. The fourth-order valence-corrected chi connectivity index (χ4v) is 2.28. The van der Waals surface area contributed by atoms with E-state index in [-0.39, 0.29) is 12.0 Å². The van der Waals surface area contributed by atoms with Crippen molar-refractivity contribution in [3.05, 3.63) is 0 Å². The molecule has 1 fully saturated rings. The monoisotopic (exact) mass is 214 g/mol. The molecule has 3 N–H and O–H groups in total. The van der Waals surface area contributed by atoms with Crippen LogP contribution in [0, 0.1) is 5.92 Å². The molecule has 0 aliphatic heterocycles. The van der Waals surface area contributed by atoms with E-state index in [0.717, 1.165) is 6.42 Å². The summed E-state index contributed by atoms with van der Waals surface area (Å²) in [5.74, 6) is 0.308. The molecule has 0 bridgehead atoms. The van der Waals surface area contributed by atoms with Gasteiger partial charge in [0.1, 0.15) is 6.04 Å². The molecule has 15 heavy (non-hydrogen) atoms. The van der Waals surface area contributed by atoms with Gasteiger partial charge in [-0.05, 0) is 32.2 Å². The molecule has 3 atom stereocenters. The van der Waals surface area contributed by atoms with Crippen LogP contribution in [0.5, 0.6) is 0 Å². The quantitative estimate of drug-likeness (QED) is 0.675. The van der Waals surface area contributed by atoms with Crippen LogP contribution in [0.15, 0.2) is 0 Å². The molecule has 0 aromatic heterocycles. The fourth-order valence-electron chi connectivity index (χ4n) is 2.28. The average molecular weight is 214 g/mol. The molecular formula is C11H22N2O2. The molecule has 1 aliphatic rings. The topological polar surface area (TPSA) is 64.3 Å². The van der Waals surface area contributed by atoms with Crippen molar-refractivity contribution in [3.8, 4) is 0 Å². The highest BCUT2D eigenvalue weighted by Crippen LogP contribution is 2.23. The smallest absolute Gasteiger partial charge is 0.322 e. The van der Waals surface area contributed by atoms with Crippen LogP contribution in [0.1, 0.15) is 32.6 Å². The number of nitrogens with one attached hydrogen (secondary N) is 1. The second-order valence-corrected chi connectivity index (χ2v) is 4.30. The van der Waals surface area contributed by atoms with Gasteiger partial charge in [0, 0.05) is 6.04 Å². The minimum absolute atomic E-state index is 0.198. The Bertz CT molecular complexity index is 209. The molecule has 0 heterocycles. The lowest BCUT2D eigenvalue weighted by atomic mass is 9.84. The summed E-state index contributed by atoms with van der Waals surface area (Å²) in [5, 5.41) is 3.32. The van der Waals surface area contributed by atoms with E-state index in [1.807, 2.05) is 6.92 Å². The molecule has 4 heteroatoms. The molecule has 0 amide bonds. The van der Waals surface area contributed by atoms with Crippen LogP contribution in [0.2, 0.25) is 0 Å². The number of carbonyl (C=O) groups excluding carboxylic acids is 1. The third kappa shape index (κ3) is 3.47. The predicted molar refractivity (Wildman–Crippen MR) is 59.4 cm³/mol. The summed E-state index contributed by atoms with van der Waals surface area (Å²) in [6, 6.07) is 0.144. The molecule has 1 rings (SSSR count). The van der Waals surface area contributed by atoms with Gasteiger partial charge in [-0.25, -0.2) is 0 Å². The summed E-state index contributed by atoms with van der Waals surface area (Å²) in [7, 11) is 1.42. The van der Waals surface area contributed by atoms with E-state index in [0.29, 0.717) is 18.5 Å². The summed E-state index contributed by atoms with van der Waals surface area (Å²) in [6.45, 7) is 2.54. The molecule has 0 spiro atoms. The van der Waals surface area contributed by atoms with Crippen molar-refractivity contribution in [1.82, 2.24) is 5.32 Å². The van der Waals surface area contributed by atoms with Crippen LogP contribution in [-0.2, 0) is 9.53 Å². The van der Waals surface area contributed by atoms with Crippen LogP contribution < -0.4 is 11.1 Å². The van der Waals surface area contributed by atoms with Gasteiger partial charge in [-0.1, -0.05) is 12.8 Å². The highest BCUT2D eigenvalue weighted by molar-refractivity contribution is 5.75. The SMILES string of the molecule is COC(=O)[C@H](C)NC1CCCCC1CN. The Labute approximate surface area is 91.5 Å². The zero-order valence-corrected chi connectivity index (χ0v) is 9.66. The minimum Gasteiger partial charge on any atom is -0.468 e. The summed E-state index contributed by atoms with van der Waals surface area (Å²) < 4.78 is 4.69. The Morgan fingerprint density at radius 3 is 2.80 bits per heavy atom. The van der Waals surface area contributed by atoms with E-state index in [2.05, 4.69) is 10.1 Å². The van der Waals surface area contributed by atoms with E-state index >= 15 is 0 Å². The highest BCUT2D eigenvalue weighted by atomic mass is 16.5. The zero-order valence-electron chi connectivity index (χ0n) is 9.66. The lowest BCUT2D eigenvalue weighted by Gasteiger charge is -2.33. The maximum atomic E-state index is 11.3. The Morgan fingerprint density at radius 1 is 1.53 bits per heavy atom. The van der Waals surface area contributed by atoms with Gasteiger partial charge in [0.05, 0.1) is 7.11 Å². The lowest BCUT2D eigenvalue weighted by molar-refractivity contribution is -0.143. The maximum Gasteiger partial charge on any atom is 0.322 e. The number of rotatable bonds is 4. The van der Waals surface area contributed by atoms with Crippen LogP contribution >= 0.6 is 0 Å². The number of hydrogen-bond donors (Lipinski definition) is 2. The van der Waals surface area contributed by atoms with Gasteiger partial charge in [-0.2, -0.15) is 0 Å². The molecule has 4 nitrogen and oxygen atoms in total. The normalized spacial score (nSPS) is 28.5. The first kappa shape index (κ1) is 12.5. The second kappa shape index (κ2) is 6.08. The number of ether oxygens (including phenoxy) is 1. The second-order valence-electron chi connectivity index (χ2n) is 4.30. The van der Waals surface area contributed by atoms with Gasteiger partial charge in [0.15, 0.2) is 0 Å². The molecule has 88 valence electrons. The van der Waals surface area contributed by atoms with E-state index < -0.39 is 0 Å². The van der Waals surface area contributed by atoms with Gasteiger partial charge >= 0.3 is 5.97 Å². The largest absolute Gasteiger partial charge is 0.468 e. The lowest BCUT2D eigenvalue weighted by Crippen LogP contribution is -2.48. The van der Waals surface area contributed by atoms with Gasteiger partial charge in [-0.15, -0.1) is 0 Å². The Morgan fingerprint density at radius 2 is 2.20 bits per heavy atom. The van der Waals surface area contributed by atoms with Crippen molar-refractivity contribution < 1.29 is 9.53 Å². The molecular weight excluding hydrogens is 192 g/mol. The molecule has 0 saturated heterocycles. The van der Waals surface area contributed by atoms with E-state index in [9.17, 15) is 4.79 Å². The van der Waals surface area contributed by atoms with Crippen molar-refractivity contribution in [1.29, 1.82) is 0 Å². The molecule has 0 radical (unpaired) electrons. The van der Waals surface area contributed by atoms with Crippen molar-refractivity contribution in [2.24, 2.45) is 11.7 Å². The molecule has 1 saturated carbocycles. The van der Waals surface area contributed by atoms with Gasteiger partial charge in [-0.3, -0.25) is 4.79 Å². The van der Waals surface area contributed by atoms with E-state index in [1.165, 1.54) is 26.4 Å². The first-order valence-electron chi connectivity index (χ1n) is 5.73. The molecule has 0 aromatic carbocycles. The number of nitrogens with two attached hydrogens (primary N) is 1. The number of carbonyl (C=O) groups is 1. The van der Waals surface area contributed by atoms with Crippen molar-refractivity contribution >= 4 is 5.97 Å². The summed E-state index contributed by atoms with van der Waals surface area (Å²) in [5.41, 5.74) is 5.72. The fraction of sp³-hybridized carbons (Fsp3) is 0.909. The van der Waals surface area contributed by atoms with Crippen LogP contribution in [0.25, 0.3) is 0 Å². The van der Waals surface area contributed by atoms with Crippen LogP contribution in [0.3, 0.4) is 0 Å². The van der Waals surface area contributed by atoms with Crippen molar-refractivity contribution in [2.75, 3.05) is 13.7 Å². The average Bonchev–Trinajstić information content (AvgIpc) is 2.28. The first-order chi connectivity index (χ1) is 7.19. The summed E-state index contributed by atoms with van der Waals surface area (Å²) in [4.78, 5) is 11.3. The van der Waals surface area contributed by atoms with Crippen LogP contribution in [0.4, 0.5) is 0 Å². The Hall–Kier alpha value is -0.610. The predicted octanol–water partition coefficient (Wildman–Crippen LogP) is 0.655. The highest BCUT2D eigenvalue weighted by Gasteiger charge is 2.26. The third-order valence-electron chi connectivity index (χ3n) is 3.23.